The Morgan fingerprint density at radius 2 is 1.65 bits per heavy atom. The Kier molecular flexibility index (Phi) is 5.50. The summed E-state index contributed by atoms with van der Waals surface area (Å²) in [5.74, 6) is -0.523. The predicted molar refractivity (Wildman–Crippen MR) is 129 cm³/mol. The van der Waals surface area contributed by atoms with Crippen molar-refractivity contribution in [1.82, 2.24) is 9.88 Å². The van der Waals surface area contributed by atoms with Gasteiger partial charge in [0, 0.05) is 28.7 Å². The number of para-hydroxylation sites is 1. The summed E-state index contributed by atoms with van der Waals surface area (Å²) in [6.45, 7) is 8.42. The fourth-order valence-electron chi connectivity index (χ4n) is 3.83. The van der Waals surface area contributed by atoms with E-state index in [0.717, 1.165) is 16.5 Å². The maximum Gasteiger partial charge on any atom is 0.270 e. The fraction of sp³-hybridized carbons (Fsp3) is 0.240. The molecule has 2 aromatic carbocycles. The topological polar surface area (TPSA) is 54.3 Å². The standard InChI is InChI=1S/C25H25N3O2S/c1-15(2)17-9-11-19(12-10-17)28-24(30)21(23(29)26-25(28)31)13-18-14-27(16(3)4)22-8-6-5-7-20(18)22/h5-16H,1-4H3,(H,26,29,31)/b21-13+. The van der Waals surface area contributed by atoms with Gasteiger partial charge in [-0.3, -0.25) is 19.8 Å². The van der Waals surface area contributed by atoms with Gasteiger partial charge >= 0.3 is 0 Å². The zero-order valence-electron chi connectivity index (χ0n) is 18.0. The van der Waals surface area contributed by atoms with Crippen LogP contribution in [0, 0.1) is 0 Å². The highest BCUT2D eigenvalue weighted by atomic mass is 32.1. The second-order valence-corrected chi connectivity index (χ2v) is 8.69. The Balaban J connectivity index is 1.77. The van der Waals surface area contributed by atoms with Gasteiger partial charge in [-0.25, -0.2) is 0 Å². The maximum absolute atomic E-state index is 13.3. The van der Waals surface area contributed by atoms with E-state index < -0.39 is 11.8 Å². The molecule has 0 atom stereocenters. The van der Waals surface area contributed by atoms with E-state index in [1.807, 2.05) is 54.7 Å². The van der Waals surface area contributed by atoms with Crippen LogP contribution in [-0.2, 0) is 9.59 Å². The summed E-state index contributed by atoms with van der Waals surface area (Å²) in [4.78, 5) is 27.4. The van der Waals surface area contributed by atoms with Crippen LogP contribution in [0.3, 0.4) is 0 Å². The molecule has 2 heterocycles. The van der Waals surface area contributed by atoms with E-state index in [1.165, 1.54) is 10.5 Å². The number of carbonyl (C=O) groups excluding carboxylic acids is 2. The third kappa shape index (κ3) is 3.79. The zero-order chi connectivity index (χ0) is 22.3. The van der Waals surface area contributed by atoms with E-state index in [4.69, 9.17) is 12.2 Å². The molecule has 1 aromatic heterocycles. The number of fused-ring (bicyclic) bond motifs is 1. The third-order valence-electron chi connectivity index (χ3n) is 5.55. The first-order valence-corrected chi connectivity index (χ1v) is 10.8. The monoisotopic (exact) mass is 431 g/mol. The molecule has 1 aliphatic rings. The van der Waals surface area contributed by atoms with Gasteiger partial charge in [0.25, 0.3) is 11.8 Å². The van der Waals surface area contributed by atoms with Gasteiger partial charge in [-0.2, -0.15) is 0 Å². The molecule has 1 fully saturated rings. The number of rotatable bonds is 4. The molecule has 0 radical (unpaired) electrons. The van der Waals surface area contributed by atoms with Crippen molar-refractivity contribution in [3.63, 3.8) is 0 Å². The Labute approximate surface area is 187 Å². The average molecular weight is 432 g/mol. The summed E-state index contributed by atoms with van der Waals surface area (Å²) in [7, 11) is 0. The summed E-state index contributed by atoms with van der Waals surface area (Å²) < 4.78 is 2.14. The van der Waals surface area contributed by atoms with E-state index in [-0.39, 0.29) is 16.7 Å². The van der Waals surface area contributed by atoms with Crippen molar-refractivity contribution < 1.29 is 9.59 Å². The highest BCUT2D eigenvalue weighted by Crippen LogP contribution is 2.29. The summed E-state index contributed by atoms with van der Waals surface area (Å²) >= 11 is 5.32. The first kappa shape index (κ1) is 21.0. The van der Waals surface area contributed by atoms with Crippen molar-refractivity contribution in [3.8, 4) is 0 Å². The maximum atomic E-state index is 13.3. The van der Waals surface area contributed by atoms with Gasteiger partial charge in [-0.15, -0.1) is 0 Å². The van der Waals surface area contributed by atoms with Crippen molar-refractivity contribution in [1.29, 1.82) is 0 Å². The van der Waals surface area contributed by atoms with Gasteiger partial charge in [-0.05, 0) is 61.8 Å². The molecule has 0 aliphatic carbocycles. The molecule has 1 N–H and O–H groups in total. The number of amides is 2. The van der Waals surface area contributed by atoms with Crippen LogP contribution in [0.4, 0.5) is 5.69 Å². The number of aromatic nitrogens is 1. The predicted octanol–water partition coefficient (Wildman–Crippen LogP) is 5.18. The number of carbonyl (C=O) groups is 2. The van der Waals surface area contributed by atoms with E-state index in [2.05, 4.69) is 37.6 Å². The highest BCUT2D eigenvalue weighted by molar-refractivity contribution is 7.80. The van der Waals surface area contributed by atoms with Crippen LogP contribution in [0.2, 0.25) is 0 Å². The van der Waals surface area contributed by atoms with E-state index in [1.54, 1.807) is 6.08 Å². The van der Waals surface area contributed by atoms with Gasteiger partial charge < -0.3 is 4.57 Å². The molecule has 1 aliphatic heterocycles. The first-order chi connectivity index (χ1) is 14.8. The lowest BCUT2D eigenvalue weighted by Crippen LogP contribution is -2.54. The molecule has 4 rings (SSSR count). The molecule has 0 unspecified atom stereocenters. The van der Waals surface area contributed by atoms with E-state index >= 15 is 0 Å². The van der Waals surface area contributed by atoms with Crippen LogP contribution in [0.1, 0.15) is 50.8 Å². The van der Waals surface area contributed by atoms with Gasteiger partial charge in [-0.1, -0.05) is 44.2 Å². The number of thiocarbonyl (C=S) groups is 1. The minimum absolute atomic E-state index is 0.0631. The first-order valence-electron chi connectivity index (χ1n) is 10.4. The number of nitrogens with one attached hydrogen (secondary N) is 1. The van der Waals surface area contributed by atoms with Crippen LogP contribution in [0.5, 0.6) is 0 Å². The largest absolute Gasteiger partial charge is 0.344 e. The van der Waals surface area contributed by atoms with E-state index in [0.29, 0.717) is 11.6 Å². The Morgan fingerprint density at radius 3 is 2.29 bits per heavy atom. The molecule has 1 saturated heterocycles. The molecule has 31 heavy (non-hydrogen) atoms. The molecular formula is C25H25N3O2S. The normalized spacial score (nSPS) is 16.1. The van der Waals surface area contributed by atoms with Crippen LogP contribution in [0.15, 0.2) is 60.3 Å². The van der Waals surface area contributed by atoms with Crippen LogP contribution in [-0.4, -0.2) is 21.5 Å². The van der Waals surface area contributed by atoms with Gasteiger partial charge in [0.1, 0.15) is 5.57 Å². The summed E-state index contributed by atoms with van der Waals surface area (Å²) in [5.41, 5.74) is 3.75. The number of hydrogen-bond donors (Lipinski definition) is 1. The summed E-state index contributed by atoms with van der Waals surface area (Å²) in [6.07, 6.45) is 3.65. The number of nitrogens with zero attached hydrogens (tertiary/aromatic N) is 2. The molecule has 3 aromatic rings. The Hall–Kier alpha value is -3.25. The molecule has 0 bridgehead atoms. The summed E-state index contributed by atoms with van der Waals surface area (Å²) in [6, 6.07) is 15.9. The quantitative estimate of drug-likeness (QED) is 0.352. The third-order valence-corrected chi connectivity index (χ3v) is 5.83. The number of benzene rings is 2. The fourth-order valence-corrected chi connectivity index (χ4v) is 4.11. The van der Waals surface area contributed by atoms with Crippen molar-refractivity contribution in [3.05, 3.63) is 71.4 Å². The van der Waals surface area contributed by atoms with Gasteiger partial charge in [0.2, 0.25) is 0 Å². The molecule has 0 spiro atoms. The van der Waals surface area contributed by atoms with Crippen LogP contribution >= 0.6 is 12.2 Å². The van der Waals surface area contributed by atoms with Crippen LogP contribution < -0.4 is 10.2 Å². The lowest BCUT2D eigenvalue weighted by Gasteiger charge is -2.29. The highest BCUT2D eigenvalue weighted by Gasteiger charge is 2.34. The zero-order valence-corrected chi connectivity index (χ0v) is 18.9. The van der Waals surface area contributed by atoms with Crippen LogP contribution in [0.25, 0.3) is 17.0 Å². The second kappa shape index (κ2) is 8.12. The minimum atomic E-state index is -0.480. The van der Waals surface area contributed by atoms with Gasteiger partial charge in [0.15, 0.2) is 5.11 Å². The van der Waals surface area contributed by atoms with Gasteiger partial charge in [0.05, 0.1) is 5.69 Å². The lowest BCUT2D eigenvalue weighted by molar-refractivity contribution is -0.122. The van der Waals surface area contributed by atoms with Crippen molar-refractivity contribution in [2.24, 2.45) is 0 Å². The SMILES string of the molecule is CC(C)c1ccc(N2C(=O)/C(=C/c3cn(C(C)C)c4ccccc34)C(=O)NC2=S)cc1. The lowest BCUT2D eigenvalue weighted by atomic mass is 10.0. The summed E-state index contributed by atoms with van der Waals surface area (Å²) in [5, 5.41) is 3.75. The smallest absolute Gasteiger partial charge is 0.270 e. The number of anilines is 1. The average Bonchev–Trinajstić information content (AvgIpc) is 3.10. The molecule has 2 amide bonds. The molecule has 158 valence electrons. The minimum Gasteiger partial charge on any atom is -0.344 e. The van der Waals surface area contributed by atoms with Crippen molar-refractivity contribution in [2.45, 2.75) is 39.7 Å². The molecular weight excluding hydrogens is 406 g/mol. The van der Waals surface area contributed by atoms with E-state index in [9.17, 15) is 9.59 Å². The Bertz CT molecular complexity index is 1220. The number of hydrogen-bond acceptors (Lipinski definition) is 3. The van der Waals surface area contributed by atoms with Crippen molar-refractivity contribution in [2.75, 3.05) is 4.90 Å². The van der Waals surface area contributed by atoms with Crippen molar-refractivity contribution >= 4 is 51.8 Å². The molecule has 6 heteroatoms. The Morgan fingerprint density at radius 1 is 0.968 bits per heavy atom. The molecule has 5 nitrogen and oxygen atoms in total. The second-order valence-electron chi connectivity index (χ2n) is 8.31. The molecule has 0 saturated carbocycles.